The third-order valence-electron chi connectivity index (χ3n) is 6.39. The van der Waals surface area contributed by atoms with Gasteiger partial charge in [-0.05, 0) is 70.0 Å². The van der Waals surface area contributed by atoms with Gasteiger partial charge in [-0.1, -0.05) is 13.8 Å². The summed E-state index contributed by atoms with van der Waals surface area (Å²) < 4.78 is 29.4. The number of rotatable bonds is 7. The van der Waals surface area contributed by atoms with Gasteiger partial charge in [0.15, 0.2) is 0 Å². The van der Waals surface area contributed by atoms with Crippen LogP contribution in [0.15, 0.2) is 0 Å². The van der Waals surface area contributed by atoms with Crippen molar-refractivity contribution in [1.29, 1.82) is 0 Å². The molecule has 8 heteroatoms. The largest absolute Gasteiger partial charge is 0.356 e. The van der Waals surface area contributed by atoms with Gasteiger partial charge >= 0.3 is 0 Å². The van der Waals surface area contributed by atoms with Crippen LogP contribution in [0.4, 0.5) is 0 Å². The van der Waals surface area contributed by atoms with E-state index in [1.165, 1.54) is 25.9 Å². The van der Waals surface area contributed by atoms with Crippen molar-refractivity contribution < 1.29 is 13.2 Å². The van der Waals surface area contributed by atoms with Crippen LogP contribution in [0.3, 0.4) is 0 Å². The molecule has 3 aliphatic heterocycles. The van der Waals surface area contributed by atoms with Gasteiger partial charge in [0.2, 0.25) is 5.91 Å². The lowest BCUT2D eigenvalue weighted by molar-refractivity contribution is -0.126. The van der Waals surface area contributed by atoms with Gasteiger partial charge in [0.05, 0.1) is 5.92 Å². The Morgan fingerprint density at radius 3 is 2.32 bits per heavy atom. The fourth-order valence-electron chi connectivity index (χ4n) is 4.99. The van der Waals surface area contributed by atoms with Crippen molar-refractivity contribution in [1.82, 2.24) is 18.8 Å². The summed E-state index contributed by atoms with van der Waals surface area (Å²) in [6.45, 7) is 10.3. The topological polar surface area (TPSA) is 73.0 Å². The number of likely N-dealkylation sites (tertiary alicyclic amines) is 1. The van der Waals surface area contributed by atoms with Crippen molar-refractivity contribution in [3.05, 3.63) is 0 Å². The van der Waals surface area contributed by atoms with Gasteiger partial charge in [-0.15, -0.1) is 0 Å². The summed E-state index contributed by atoms with van der Waals surface area (Å²) in [4.78, 5) is 15.0. The van der Waals surface area contributed by atoms with Crippen molar-refractivity contribution in [3.8, 4) is 0 Å². The van der Waals surface area contributed by atoms with Crippen LogP contribution >= 0.6 is 0 Å². The highest BCUT2D eigenvalue weighted by molar-refractivity contribution is 7.86. The second kappa shape index (κ2) is 9.87. The molecule has 3 heterocycles. The Bertz CT molecular complexity index is 611. The Kier molecular flexibility index (Phi) is 7.75. The number of carbonyl (C=O) groups excluding carboxylic acids is 1. The molecule has 3 atom stereocenters. The minimum Gasteiger partial charge on any atom is -0.356 e. The maximum Gasteiger partial charge on any atom is 0.282 e. The Hall–Kier alpha value is -0.700. The van der Waals surface area contributed by atoms with E-state index in [0.717, 1.165) is 32.2 Å². The quantitative estimate of drug-likeness (QED) is 0.641. The second-order valence-corrected chi connectivity index (χ2v) is 11.1. The van der Waals surface area contributed by atoms with Crippen LogP contribution < -0.4 is 5.32 Å². The molecular formula is C20H38N4O3S. The monoisotopic (exact) mass is 414 g/mol. The molecule has 3 saturated heterocycles. The van der Waals surface area contributed by atoms with Crippen molar-refractivity contribution in [2.24, 2.45) is 17.8 Å². The van der Waals surface area contributed by atoms with E-state index in [9.17, 15) is 13.2 Å². The number of amides is 1. The molecule has 0 bridgehead atoms. The molecular weight excluding hydrogens is 376 g/mol. The van der Waals surface area contributed by atoms with Gasteiger partial charge < -0.3 is 10.2 Å². The molecule has 0 aromatic heterocycles. The van der Waals surface area contributed by atoms with Gasteiger partial charge in [-0.2, -0.15) is 17.0 Å². The van der Waals surface area contributed by atoms with Crippen molar-refractivity contribution in [3.63, 3.8) is 0 Å². The van der Waals surface area contributed by atoms with E-state index in [-0.39, 0.29) is 11.8 Å². The summed E-state index contributed by atoms with van der Waals surface area (Å²) in [6, 6.07) is 0. The minimum atomic E-state index is -3.47. The first-order valence-electron chi connectivity index (χ1n) is 11.1. The smallest absolute Gasteiger partial charge is 0.282 e. The van der Waals surface area contributed by atoms with Crippen LogP contribution in [-0.2, 0) is 15.0 Å². The first-order valence-corrected chi connectivity index (χ1v) is 12.5. The molecule has 1 N–H and O–H groups in total. The zero-order valence-corrected chi connectivity index (χ0v) is 18.4. The zero-order chi connectivity index (χ0) is 20.1. The first kappa shape index (κ1) is 22.0. The molecule has 0 saturated carbocycles. The fraction of sp³-hybridized carbons (Fsp3) is 0.950. The lowest BCUT2D eigenvalue weighted by Crippen LogP contribution is -2.53. The summed E-state index contributed by atoms with van der Waals surface area (Å²) in [5.41, 5.74) is 0. The minimum absolute atomic E-state index is 0.0155. The average molecular weight is 415 g/mol. The Morgan fingerprint density at radius 1 is 0.964 bits per heavy atom. The predicted molar refractivity (Wildman–Crippen MR) is 111 cm³/mol. The van der Waals surface area contributed by atoms with Crippen LogP contribution in [0, 0.1) is 17.8 Å². The molecule has 0 radical (unpaired) electrons. The Labute approximate surface area is 171 Å². The van der Waals surface area contributed by atoms with Gasteiger partial charge in [0.25, 0.3) is 10.2 Å². The molecule has 162 valence electrons. The number of carbonyl (C=O) groups is 1. The van der Waals surface area contributed by atoms with Gasteiger partial charge in [-0.3, -0.25) is 4.79 Å². The lowest BCUT2D eigenvalue weighted by atomic mass is 9.94. The number of hydrogen-bond acceptors (Lipinski definition) is 4. The van der Waals surface area contributed by atoms with Gasteiger partial charge in [-0.25, -0.2) is 0 Å². The van der Waals surface area contributed by atoms with E-state index < -0.39 is 10.2 Å². The van der Waals surface area contributed by atoms with Crippen molar-refractivity contribution in [2.75, 3.05) is 52.4 Å². The summed E-state index contributed by atoms with van der Waals surface area (Å²) >= 11 is 0. The predicted octanol–water partition coefficient (Wildman–Crippen LogP) is 1.52. The van der Waals surface area contributed by atoms with Crippen LogP contribution in [-0.4, -0.2) is 80.2 Å². The first-order chi connectivity index (χ1) is 13.4. The molecule has 1 amide bonds. The molecule has 0 aliphatic carbocycles. The number of nitrogens with zero attached hydrogens (tertiary/aromatic N) is 3. The molecule has 3 aliphatic rings. The fourth-order valence-corrected chi connectivity index (χ4v) is 6.93. The standard InChI is InChI=1S/C20H38N4O3S/c1-17-13-18(2)15-24(14-17)28(26,27)23-12-5-7-19(16-23)20(25)21-8-6-11-22-9-3-4-10-22/h17-19H,3-16H2,1-2H3,(H,21,25). The van der Waals surface area contributed by atoms with E-state index >= 15 is 0 Å². The van der Waals surface area contributed by atoms with E-state index in [2.05, 4.69) is 24.1 Å². The van der Waals surface area contributed by atoms with Crippen molar-refractivity contribution in [2.45, 2.75) is 52.4 Å². The summed E-state index contributed by atoms with van der Waals surface area (Å²) in [5, 5.41) is 3.04. The SMILES string of the molecule is CC1CC(C)CN(S(=O)(=O)N2CCCC(C(=O)NCCCN3CCCC3)C2)C1. The normalized spacial score (nSPS) is 31.1. The molecule has 3 unspecified atom stereocenters. The molecule has 0 aromatic rings. The van der Waals surface area contributed by atoms with E-state index in [0.29, 0.717) is 44.6 Å². The molecule has 0 spiro atoms. The lowest BCUT2D eigenvalue weighted by Gasteiger charge is -2.39. The van der Waals surface area contributed by atoms with E-state index in [1.54, 1.807) is 8.61 Å². The number of hydrogen-bond donors (Lipinski definition) is 1. The second-order valence-electron chi connectivity index (χ2n) is 9.16. The molecule has 28 heavy (non-hydrogen) atoms. The van der Waals surface area contributed by atoms with E-state index in [1.807, 2.05) is 0 Å². The van der Waals surface area contributed by atoms with Crippen LogP contribution in [0.5, 0.6) is 0 Å². The summed E-state index contributed by atoms with van der Waals surface area (Å²) in [6.07, 6.45) is 6.14. The van der Waals surface area contributed by atoms with Crippen LogP contribution in [0.1, 0.15) is 52.4 Å². The maximum atomic E-state index is 13.1. The van der Waals surface area contributed by atoms with Crippen LogP contribution in [0.2, 0.25) is 0 Å². The third kappa shape index (κ3) is 5.68. The molecule has 7 nitrogen and oxygen atoms in total. The van der Waals surface area contributed by atoms with Gasteiger partial charge in [0.1, 0.15) is 0 Å². The Morgan fingerprint density at radius 2 is 1.64 bits per heavy atom. The van der Waals surface area contributed by atoms with Crippen molar-refractivity contribution >= 4 is 16.1 Å². The number of piperidine rings is 2. The highest BCUT2D eigenvalue weighted by atomic mass is 32.2. The Balaban J connectivity index is 1.47. The summed E-state index contributed by atoms with van der Waals surface area (Å²) in [7, 11) is -3.47. The average Bonchev–Trinajstić information content (AvgIpc) is 3.18. The highest BCUT2D eigenvalue weighted by Gasteiger charge is 2.38. The number of nitrogens with one attached hydrogen (secondary N) is 1. The van der Waals surface area contributed by atoms with Gasteiger partial charge in [0, 0.05) is 32.7 Å². The molecule has 3 fully saturated rings. The highest BCUT2D eigenvalue weighted by Crippen LogP contribution is 2.27. The summed E-state index contributed by atoms with van der Waals surface area (Å²) in [5.74, 6) is 0.563. The molecule has 0 aromatic carbocycles. The van der Waals surface area contributed by atoms with E-state index in [4.69, 9.17) is 0 Å². The molecule has 3 rings (SSSR count). The van der Waals surface area contributed by atoms with Crippen LogP contribution in [0.25, 0.3) is 0 Å². The zero-order valence-electron chi connectivity index (χ0n) is 17.6. The third-order valence-corrected chi connectivity index (χ3v) is 8.33. The maximum absolute atomic E-state index is 13.1.